The number of thioether (sulfide) groups is 1. The Hall–Kier alpha value is -2.30. The minimum absolute atomic E-state index is 0.104. The van der Waals surface area contributed by atoms with Crippen LogP contribution in [-0.4, -0.2) is 44.4 Å². The van der Waals surface area contributed by atoms with Gasteiger partial charge in [-0.25, -0.2) is 14.4 Å². The smallest absolute Gasteiger partial charge is 0.249 e. The van der Waals surface area contributed by atoms with Gasteiger partial charge in [-0.1, -0.05) is 12.1 Å². The Morgan fingerprint density at radius 1 is 1.38 bits per heavy atom. The molecule has 0 radical (unpaired) electrons. The Labute approximate surface area is 179 Å². The SMILES string of the molecule is Cc1cnc(NC(=O)C2CSCN2C(=O)Cc2csc(-c3cccc(F)c3)n2)s1. The summed E-state index contributed by atoms with van der Waals surface area (Å²) in [5, 5.41) is 5.80. The molecule has 1 aliphatic heterocycles. The van der Waals surface area contributed by atoms with Crippen LogP contribution in [0.2, 0.25) is 0 Å². The number of aromatic nitrogens is 2. The molecule has 29 heavy (non-hydrogen) atoms. The second-order valence-corrected chi connectivity index (χ2v) is 9.57. The van der Waals surface area contributed by atoms with E-state index in [4.69, 9.17) is 0 Å². The Balaban J connectivity index is 1.42. The van der Waals surface area contributed by atoms with Gasteiger partial charge in [-0.2, -0.15) is 0 Å². The van der Waals surface area contributed by atoms with Gasteiger partial charge >= 0.3 is 0 Å². The normalized spacial score (nSPS) is 16.2. The van der Waals surface area contributed by atoms with Gasteiger partial charge in [0.1, 0.15) is 16.9 Å². The highest BCUT2D eigenvalue weighted by Gasteiger charge is 2.35. The van der Waals surface area contributed by atoms with Crippen molar-refractivity contribution in [3.05, 3.63) is 52.2 Å². The molecule has 3 aromatic rings. The van der Waals surface area contributed by atoms with E-state index in [-0.39, 0.29) is 24.1 Å². The Kier molecular flexibility index (Phi) is 5.93. The van der Waals surface area contributed by atoms with E-state index in [0.29, 0.717) is 33.0 Å². The second kappa shape index (κ2) is 8.60. The van der Waals surface area contributed by atoms with Crippen molar-refractivity contribution in [3.8, 4) is 10.6 Å². The van der Waals surface area contributed by atoms with E-state index in [9.17, 15) is 14.0 Å². The lowest BCUT2D eigenvalue weighted by Crippen LogP contribution is -2.45. The number of aryl methyl sites for hydroxylation is 1. The van der Waals surface area contributed by atoms with Crippen LogP contribution in [0.15, 0.2) is 35.8 Å². The van der Waals surface area contributed by atoms with Crippen molar-refractivity contribution in [1.82, 2.24) is 14.9 Å². The fourth-order valence-electron chi connectivity index (χ4n) is 2.91. The first kappa shape index (κ1) is 20.0. The van der Waals surface area contributed by atoms with Gasteiger partial charge in [0.15, 0.2) is 5.13 Å². The molecule has 3 heterocycles. The molecule has 10 heteroatoms. The zero-order valence-corrected chi connectivity index (χ0v) is 17.9. The van der Waals surface area contributed by atoms with E-state index >= 15 is 0 Å². The molecule has 2 amide bonds. The summed E-state index contributed by atoms with van der Waals surface area (Å²) in [6.45, 7) is 1.92. The number of halogens is 1. The third-order valence-electron chi connectivity index (χ3n) is 4.31. The predicted molar refractivity (Wildman–Crippen MR) is 115 cm³/mol. The molecule has 1 fully saturated rings. The number of carbonyl (C=O) groups is 2. The number of rotatable bonds is 5. The fraction of sp³-hybridized carbons (Fsp3) is 0.263. The lowest BCUT2D eigenvalue weighted by molar-refractivity contribution is -0.135. The first-order valence-corrected chi connectivity index (χ1v) is 11.7. The molecule has 6 nitrogen and oxygen atoms in total. The highest BCUT2D eigenvalue weighted by molar-refractivity contribution is 7.99. The van der Waals surface area contributed by atoms with E-state index < -0.39 is 6.04 Å². The van der Waals surface area contributed by atoms with E-state index in [2.05, 4.69) is 15.3 Å². The molecule has 0 saturated carbocycles. The summed E-state index contributed by atoms with van der Waals surface area (Å²) < 4.78 is 13.4. The van der Waals surface area contributed by atoms with Crippen molar-refractivity contribution in [1.29, 1.82) is 0 Å². The Bertz CT molecular complexity index is 1050. The fourth-order valence-corrected chi connectivity index (χ4v) is 5.57. The molecule has 0 bridgehead atoms. The maximum atomic E-state index is 13.4. The van der Waals surface area contributed by atoms with Gasteiger partial charge in [0, 0.05) is 27.8 Å². The van der Waals surface area contributed by atoms with E-state index in [1.165, 1.54) is 34.8 Å². The summed E-state index contributed by atoms with van der Waals surface area (Å²) in [4.78, 5) is 36.6. The first-order valence-electron chi connectivity index (χ1n) is 8.80. The van der Waals surface area contributed by atoms with E-state index in [1.807, 2.05) is 6.92 Å². The zero-order valence-electron chi connectivity index (χ0n) is 15.4. The van der Waals surface area contributed by atoms with Crippen molar-refractivity contribution in [2.75, 3.05) is 16.9 Å². The zero-order chi connectivity index (χ0) is 20.4. The monoisotopic (exact) mass is 448 g/mol. The van der Waals surface area contributed by atoms with Crippen molar-refractivity contribution in [2.24, 2.45) is 0 Å². The van der Waals surface area contributed by atoms with Crippen LogP contribution in [0.4, 0.5) is 9.52 Å². The average molecular weight is 449 g/mol. The quantitative estimate of drug-likeness (QED) is 0.643. The van der Waals surface area contributed by atoms with Crippen LogP contribution in [0, 0.1) is 12.7 Å². The van der Waals surface area contributed by atoms with Gasteiger partial charge < -0.3 is 10.2 Å². The highest BCUT2D eigenvalue weighted by Crippen LogP contribution is 2.27. The molecule has 1 atom stereocenters. The van der Waals surface area contributed by atoms with Crippen molar-refractivity contribution >= 4 is 51.4 Å². The largest absolute Gasteiger partial charge is 0.320 e. The lowest BCUT2D eigenvalue weighted by Gasteiger charge is -2.22. The highest BCUT2D eigenvalue weighted by atomic mass is 32.2. The molecule has 0 spiro atoms. The third kappa shape index (κ3) is 4.65. The van der Waals surface area contributed by atoms with Crippen LogP contribution in [-0.2, 0) is 16.0 Å². The Morgan fingerprint density at radius 3 is 3.00 bits per heavy atom. The molecule has 1 unspecified atom stereocenters. The van der Waals surface area contributed by atoms with Crippen LogP contribution in [0.5, 0.6) is 0 Å². The van der Waals surface area contributed by atoms with Gasteiger partial charge in [-0.05, 0) is 19.1 Å². The number of thiazole rings is 2. The minimum Gasteiger partial charge on any atom is -0.320 e. The Morgan fingerprint density at radius 2 is 2.24 bits per heavy atom. The number of anilines is 1. The van der Waals surface area contributed by atoms with Gasteiger partial charge in [0.25, 0.3) is 0 Å². The van der Waals surface area contributed by atoms with Gasteiger partial charge in [0.05, 0.1) is 18.0 Å². The summed E-state index contributed by atoms with van der Waals surface area (Å²) in [5.41, 5.74) is 1.30. The van der Waals surface area contributed by atoms with E-state index in [0.717, 1.165) is 4.88 Å². The summed E-state index contributed by atoms with van der Waals surface area (Å²) in [5.74, 6) is 0.314. The summed E-state index contributed by atoms with van der Waals surface area (Å²) >= 11 is 4.31. The molecule has 2 aromatic heterocycles. The minimum atomic E-state index is -0.530. The topological polar surface area (TPSA) is 75.2 Å². The molecule has 1 N–H and O–H groups in total. The van der Waals surface area contributed by atoms with Crippen molar-refractivity contribution in [3.63, 3.8) is 0 Å². The standard InChI is InChI=1S/C19H17FN4O2S3/c1-11-7-21-19(29-11)23-17(26)15-9-27-10-24(15)16(25)6-14-8-28-18(22-14)12-3-2-4-13(20)5-12/h2-5,7-8,15H,6,9-10H2,1H3,(H,21,23,26). The van der Waals surface area contributed by atoms with Gasteiger partial charge in [0.2, 0.25) is 11.8 Å². The molecule has 150 valence electrons. The molecule has 0 aliphatic carbocycles. The first-order chi connectivity index (χ1) is 14.0. The molecular weight excluding hydrogens is 431 g/mol. The summed E-state index contributed by atoms with van der Waals surface area (Å²) in [6.07, 6.45) is 1.80. The van der Waals surface area contributed by atoms with Crippen molar-refractivity contribution < 1.29 is 14.0 Å². The number of nitrogens with zero attached hydrogens (tertiary/aromatic N) is 3. The number of carbonyl (C=O) groups excluding carboxylic acids is 2. The number of hydrogen-bond donors (Lipinski definition) is 1. The van der Waals surface area contributed by atoms with Crippen LogP contribution in [0.1, 0.15) is 10.6 Å². The molecule has 4 rings (SSSR count). The number of amides is 2. The van der Waals surface area contributed by atoms with Crippen LogP contribution in [0.3, 0.4) is 0 Å². The van der Waals surface area contributed by atoms with E-state index in [1.54, 1.807) is 40.4 Å². The van der Waals surface area contributed by atoms with Crippen molar-refractivity contribution in [2.45, 2.75) is 19.4 Å². The number of hydrogen-bond acceptors (Lipinski definition) is 7. The predicted octanol–water partition coefficient (Wildman–Crippen LogP) is 3.80. The molecular formula is C19H17FN4O2S3. The number of nitrogens with one attached hydrogen (secondary N) is 1. The maximum Gasteiger partial charge on any atom is 0.249 e. The molecule has 1 saturated heterocycles. The van der Waals surface area contributed by atoms with Crippen LogP contribution >= 0.6 is 34.4 Å². The molecule has 1 aliphatic rings. The average Bonchev–Trinajstić information content (AvgIpc) is 3.42. The molecule has 1 aromatic carbocycles. The lowest BCUT2D eigenvalue weighted by atomic mass is 10.2. The van der Waals surface area contributed by atoms with Gasteiger partial charge in [-0.15, -0.1) is 34.4 Å². The van der Waals surface area contributed by atoms with Crippen LogP contribution < -0.4 is 5.32 Å². The number of benzene rings is 1. The maximum absolute atomic E-state index is 13.4. The summed E-state index contributed by atoms with van der Waals surface area (Å²) in [7, 11) is 0. The van der Waals surface area contributed by atoms with Crippen LogP contribution in [0.25, 0.3) is 10.6 Å². The van der Waals surface area contributed by atoms with Gasteiger partial charge in [-0.3, -0.25) is 9.59 Å². The summed E-state index contributed by atoms with van der Waals surface area (Å²) in [6, 6.07) is 5.68. The third-order valence-corrected chi connectivity index (χ3v) is 7.09. The second-order valence-electron chi connectivity index (χ2n) is 6.48.